The van der Waals surface area contributed by atoms with Crippen LogP contribution in [0.5, 0.6) is 0 Å². The highest BCUT2D eigenvalue weighted by atomic mass is 16.3. The van der Waals surface area contributed by atoms with E-state index in [1.807, 2.05) is 0 Å². The molecule has 1 heteroatoms. The Labute approximate surface area is 224 Å². The van der Waals surface area contributed by atoms with Gasteiger partial charge in [0.25, 0.3) is 0 Å². The van der Waals surface area contributed by atoms with Crippen LogP contribution in [0, 0.1) is 0 Å². The van der Waals surface area contributed by atoms with Gasteiger partial charge in [-0.3, -0.25) is 0 Å². The fraction of sp³-hybridized carbons (Fsp3) is 0. The Morgan fingerprint density at radius 1 is 0.385 bits per heavy atom. The minimum absolute atomic E-state index is 0.949. The van der Waals surface area contributed by atoms with Crippen molar-refractivity contribution in [2.24, 2.45) is 0 Å². The van der Waals surface area contributed by atoms with E-state index >= 15 is 0 Å². The van der Waals surface area contributed by atoms with Gasteiger partial charge in [-0.2, -0.15) is 0 Å². The van der Waals surface area contributed by atoms with E-state index in [0.29, 0.717) is 0 Å². The van der Waals surface area contributed by atoms with E-state index in [0.717, 1.165) is 16.6 Å². The van der Waals surface area contributed by atoms with Crippen molar-refractivity contribution in [2.45, 2.75) is 0 Å². The molecule has 0 radical (unpaired) electrons. The summed E-state index contributed by atoms with van der Waals surface area (Å²) >= 11 is 0. The van der Waals surface area contributed by atoms with Crippen molar-refractivity contribution in [3.63, 3.8) is 0 Å². The fourth-order valence-electron chi connectivity index (χ4n) is 6.79. The molecule has 1 nitrogen and oxygen atoms in total. The number of fused-ring (bicyclic) bond motifs is 4. The van der Waals surface area contributed by atoms with E-state index in [2.05, 4.69) is 133 Å². The molecular formula is C38H22O. The summed E-state index contributed by atoms with van der Waals surface area (Å²) in [5.74, 6) is 0. The maximum Gasteiger partial charge on any atom is 0.143 e. The van der Waals surface area contributed by atoms with E-state index in [1.54, 1.807) is 0 Å². The third-order valence-electron chi connectivity index (χ3n) is 8.38. The average molecular weight is 495 g/mol. The van der Waals surface area contributed by atoms with Crippen molar-refractivity contribution in [3.05, 3.63) is 133 Å². The van der Waals surface area contributed by atoms with Crippen LogP contribution in [-0.4, -0.2) is 0 Å². The molecule has 0 unspecified atom stereocenters. The highest BCUT2D eigenvalue weighted by Crippen LogP contribution is 2.49. The molecule has 0 aliphatic heterocycles. The van der Waals surface area contributed by atoms with Gasteiger partial charge in [0.2, 0.25) is 0 Å². The first-order valence-corrected chi connectivity index (χ1v) is 13.4. The molecule has 0 aliphatic carbocycles. The van der Waals surface area contributed by atoms with Gasteiger partial charge < -0.3 is 4.42 Å². The first-order chi connectivity index (χ1) is 19.4. The number of hydrogen-bond acceptors (Lipinski definition) is 1. The van der Waals surface area contributed by atoms with Crippen LogP contribution in [0.2, 0.25) is 0 Å². The maximum absolute atomic E-state index is 6.57. The second-order valence-electron chi connectivity index (χ2n) is 10.4. The Morgan fingerprint density at radius 2 is 0.974 bits per heavy atom. The summed E-state index contributed by atoms with van der Waals surface area (Å²) in [5, 5.41) is 12.3. The lowest BCUT2D eigenvalue weighted by molar-refractivity contribution is 0.673. The molecule has 0 aliphatic rings. The van der Waals surface area contributed by atoms with E-state index in [-0.39, 0.29) is 0 Å². The lowest BCUT2D eigenvalue weighted by Crippen LogP contribution is -1.92. The van der Waals surface area contributed by atoms with Gasteiger partial charge in [-0.1, -0.05) is 115 Å². The Hall–Kier alpha value is -5.14. The summed E-state index contributed by atoms with van der Waals surface area (Å²) in [6.07, 6.45) is 0. The summed E-state index contributed by atoms with van der Waals surface area (Å²) in [4.78, 5) is 0. The summed E-state index contributed by atoms with van der Waals surface area (Å²) in [7, 11) is 0. The normalized spacial score (nSPS) is 12.1. The van der Waals surface area contributed by atoms with Crippen LogP contribution in [-0.2, 0) is 0 Å². The molecule has 0 spiro atoms. The third-order valence-corrected chi connectivity index (χ3v) is 8.38. The van der Waals surface area contributed by atoms with Crippen molar-refractivity contribution < 1.29 is 4.42 Å². The molecule has 0 atom stereocenters. The Kier molecular flexibility index (Phi) is 4.11. The highest BCUT2D eigenvalue weighted by molar-refractivity contribution is 6.33. The van der Waals surface area contributed by atoms with Crippen molar-refractivity contribution in [3.8, 4) is 22.3 Å². The van der Waals surface area contributed by atoms with Crippen LogP contribution >= 0.6 is 0 Å². The lowest BCUT2D eigenvalue weighted by Gasteiger charge is -2.19. The largest absolute Gasteiger partial charge is 0.455 e. The minimum atomic E-state index is 0.949. The van der Waals surface area contributed by atoms with Gasteiger partial charge in [0, 0.05) is 16.2 Å². The number of furan rings is 1. The Balaban J connectivity index is 1.54. The first-order valence-electron chi connectivity index (χ1n) is 13.4. The molecule has 0 fully saturated rings. The minimum Gasteiger partial charge on any atom is -0.455 e. The van der Waals surface area contributed by atoms with Gasteiger partial charge in [0.05, 0.1) is 0 Å². The van der Waals surface area contributed by atoms with Crippen molar-refractivity contribution in [1.29, 1.82) is 0 Å². The van der Waals surface area contributed by atoms with Crippen LogP contribution < -0.4 is 0 Å². The smallest absolute Gasteiger partial charge is 0.143 e. The summed E-state index contributed by atoms with van der Waals surface area (Å²) < 4.78 is 6.57. The number of benzene rings is 8. The van der Waals surface area contributed by atoms with Gasteiger partial charge in [-0.25, -0.2) is 0 Å². The van der Waals surface area contributed by atoms with Crippen LogP contribution in [0.15, 0.2) is 138 Å². The summed E-state index contributed by atoms with van der Waals surface area (Å²) in [5.41, 5.74) is 6.98. The topological polar surface area (TPSA) is 13.1 Å². The number of rotatable bonds is 2. The molecule has 0 saturated carbocycles. The fourth-order valence-corrected chi connectivity index (χ4v) is 6.79. The van der Waals surface area contributed by atoms with E-state index < -0.39 is 0 Å². The molecule has 1 aromatic heterocycles. The molecule has 9 rings (SSSR count). The Bertz CT molecular complexity index is 2320. The highest BCUT2D eigenvalue weighted by Gasteiger charge is 2.22. The zero-order valence-corrected chi connectivity index (χ0v) is 21.1. The Morgan fingerprint density at radius 3 is 1.69 bits per heavy atom. The van der Waals surface area contributed by atoms with E-state index in [9.17, 15) is 0 Å². The van der Waals surface area contributed by atoms with Crippen molar-refractivity contribution in [2.75, 3.05) is 0 Å². The predicted octanol–water partition coefficient (Wildman–Crippen LogP) is 11.0. The summed E-state index contributed by atoms with van der Waals surface area (Å²) in [6.45, 7) is 0. The quantitative estimate of drug-likeness (QED) is 0.172. The third kappa shape index (κ3) is 2.79. The monoisotopic (exact) mass is 494 g/mol. The van der Waals surface area contributed by atoms with Crippen LogP contribution in [0.25, 0.3) is 87.3 Å². The molecule has 180 valence electrons. The van der Waals surface area contributed by atoms with Gasteiger partial charge in [-0.15, -0.1) is 0 Å². The number of hydrogen-bond donors (Lipinski definition) is 0. The van der Waals surface area contributed by atoms with E-state index in [4.69, 9.17) is 4.42 Å². The molecular weight excluding hydrogens is 472 g/mol. The molecule has 0 N–H and O–H groups in total. The van der Waals surface area contributed by atoms with Crippen LogP contribution in [0.4, 0.5) is 0 Å². The van der Waals surface area contributed by atoms with Gasteiger partial charge in [0.15, 0.2) is 0 Å². The lowest BCUT2D eigenvalue weighted by atomic mass is 9.83. The van der Waals surface area contributed by atoms with Gasteiger partial charge in [-0.05, 0) is 78.2 Å². The van der Waals surface area contributed by atoms with Gasteiger partial charge in [0.1, 0.15) is 11.2 Å². The molecule has 0 saturated heterocycles. The molecule has 0 bridgehead atoms. The standard InChI is InChI=1S/C38H22O/c1-2-11-23(12-3-1)34-27-16-6-8-18-29(27)36(30-19-9-7-17-28(30)34)31-22-25-14-10-20-33-35(25)37-32(31)21-24-13-4-5-15-26(24)38(37)39-33/h1-22H. The molecule has 1 heterocycles. The zero-order chi connectivity index (χ0) is 25.5. The molecule has 0 amide bonds. The average Bonchev–Trinajstić information content (AvgIpc) is 3.40. The van der Waals surface area contributed by atoms with Crippen molar-refractivity contribution in [1.82, 2.24) is 0 Å². The zero-order valence-electron chi connectivity index (χ0n) is 21.1. The predicted molar refractivity (Wildman–Crippen MR) is 166 cm³/mol. The second kappa shape index (κ2) is 7.69. The van der Waals surface area contributed by atoms with E-state index in [1.165, 1.54) is 70.7 Å². The second-order valence-corrected chi connectivity index (χ2v) is 10.4. The SMILES string of the molecule is c1ccc(-c2c3ccccc3c(-c3cc4cccc5oc6c7ccccc7cc3c6c45)c3ccccc23)cc1. The first kappa shape index (κ1) is 20.9. The molecule has 39 heavy (non-hydrogen) atoms. The van der Waals surface area contributed by atoms with Crippen LogP contribution in [0.1, 0.15) is 0 Å². The summed E-state index contributed by atoms with van der Waals surface area (Å²) in [6, 6.07) is 48.3. The maximum atomic E-state index is 6.57. The van der Waals surface area contributed by atoms with Crippen LogP contribution in [0.3, 0.4) is 0 Å². The molecule has 9 aromatic rings. The van der Waals surface area contributed by atoms with Crippen molar-refractivity contribution >= 4 is 65.0 Å². The van der Waals surface area contributed by atoms with Gasteiger partial charge >= 0.3 is 0 Å². The molecule has 8 aromatic carbocycles.